The lowest BCUT2D eigenvalue weighted by molar-refractivity contribution is -0.139. The minimum atomic E-state index is -0.311. The maximum absolute atomic E-state index is 12.9. The van der Waals surface area contributed by atoms with Gasteiger partial charge in [-0.1, -0.05) is 20.8 Å². The summed E-state index contributed by atoms with van der Waals surface area (Å²) >= 11 is 0. The molecule has 1 aliphatic heterocycles. The van der Waals surface area contributed by atoms with E-state index in [0.717, 1.165) is 24.5 Å². The van der Waals surface area contributed by atoms with Crippen molar-refractivity contribution in [3.63, 3.8) is 0 Å². The molecule has 6 nitrogen and oxygen atoms in total. The second-order valence-electron chi connectivity index (χ2n) is 7.71. The monoisotopic (exact) mass is 375 g/mol. The molecular weight excluding hydrogens is 342 g/mol. The zero-order valence-corrected chi connectivity index (χ0v) is 17.2. The van der Waals surface area contributed by atoms with Crippen LogP contribution in [0.4, 0.5) is 5.69 Å². The zero-order chi connectivity index (χ0) is 20.0. The molecule has 1 aliphatic rings. The average molecular weight is 376 g/mol. The van der Waals surface area contributed by atoms with Gasteiger partial charge in [0.1, 0.15) is 5.75 Å². The van der Waals surface area contributed by atoms with Crippen molar-refractivity contribution in [2.24, 2.45) is 11.8 Å². The molecular formula is C21H33N3O3. The van der Waals surface area contributed by atoms with Crippen LogP contribution in [0.25, 0.3) is 0 Å². The van der Waals surface area contributed by atoms with Gasteiger partial charge < -0.3 is 15.0 Å². The Balaban J connectivity index is 1.93. The maximum atomic E-state index is 12.9. The van der Waals surface area contributed by atoms with Crippen LogP contribution in [0.3, 0.4) is 0 Å². The van der Waals surface area contributed by atoms with Gasteiger partial charge in [-0.25, -0.2) is 0 Å². The smallest absolute Gasteiger partial charge is 0.239 e. The van der Waals surface area contributed by atoms with Gasteiger partial charge in [-0.05, 0) is 56.0 Å². The number of methoxy groups -OCH3 is 1. The molecule has 0 aromatic heterocycles. The van der Waals surface area contributed by atoms with Gasteiger partial charge >= 0.3 is 0 Å². The molecule has 0 spiro atoms. The standard InChI is InChI=1S/C21H33N3O3/c1-6-23(14-20(25)22-18-7-9-19(27-5)10-8-18)17(4)21(26)24-12-15(2)11-16(3)13-24/h7-10,15-17H,6,11-14H2,1-5H3,(H,22,25)/t15-,16-,17+/m0/s1. The first-order chi connectivity index (χ1) is 12.8. The molecule has 150 valence electrons. The van der Waals surface area contributed by atoms with Crippen molar-refractivity contribution in [2.75, 3.05) is 38.6 Å². The fourth-order valence-electron chi connectivity index (χ4n) is 3.85. The Bertz CT molecular complexity index is 622. The van der Waals surface area contributed by atoms with Gasteiger partial charge in [0, 0.05) is 18.8 Å². The van der Waals surface area contributed by atoms with Gasteiger partial charge in [0.05, 0.1) is 19.7 Å². The molecule has 0 saturated carbocycles. The minimum absolute atomic E-state index is 0.118. The van der Waals surface area contributed by atoms with E-state index in [1.54, 1.807) is 31.4 Å². The van der Waals surface area contributed by atoms with Crippen molar-refractivity contribution in [2.45, 2.75) is 40.2 Å². The number of anilines is 1. The number of amides is 2. The fourth-order valence-corrected chi connectivity index (χ4v) is 3.85. The van der Waals surface area contributed by atoms with Crippen LogP contribution >= 0.6 is 0 Å². The van der Waals surface area contributed by atoms with Crippen LogP contribution in [-0.2, 0) is 9.59 Å². The average Bonchev–Trinajstić information content (AvgIpc) is 2.64. The number of nitrogens with one attached hydrogen (secondary N) is 1. The van der Waals surface area contributed by atoms with Crippen LogP contribution < -0.4 is 10.1 Å². The molecule has 0 unspecified atom stereocenters. The lowest BCUT2D eigenvalue weighted by atomic mass is 9.91. The SMILES string of the molecule is CCN(CC(=O)Nc1ccc(OC)cc1)[C@H](C)C(=O)N1C[C@@H](C)C[C@H](C)C1. The van der Waals surface area contributed by atoms with E-state index in [1.165, 1.54) is 6.42 Å². The fraction of sp³-hybridized carbons (Fsp3) is 0.619. The highest BCUT2D eigenvalue weighted by Gasteiger charge is 2.31. The van der Waals surface area contributed by atoms with E-state index in [9.17, 15) is 9.59 Å². The summed E-state index contributed by atoms with van der Waals surface area (Å²) in [6.45, 7) is 10.7. The van der Waals surface area contributed by atoms with Gasteiger partial charge in [-0.15, -0.1) is 0 Å². The first-order valence-corrected chi connectivity index (χ1v) is 9.80. The number of benzene rings is 1. The number of hydrogen-bond donors (Lipinski definition) is 1. The van der Waals surface area contributed by atoms with E-state index in [0.29, 0.717) is 18.4 Å². The lowest BCUT2D eigenvalue weighted by Gasteiger charge is -2.38. The quantitative estimate of drug-likeness (QED) is 0.796. The van der Waals surface area contributed by atoms with Gasteiger partial charge in [-0.2, -0.15) is 0 Å². The molecule has 1 fully saturated rings. The first-order valence-electron chi connectivity index (χ1n) is 9.80. The van der Waals surface area contributed by atoms with Crippen LogP contribution in [0.2, 0.25) is 0 Å². The third-order valence-corrected chi connectivity index (χ3v) is 5.21. The summed E-state index contributed by atoms with van der Waals surface area (Å²) in [5.41, 5.74) is 0.717. The number of nitrogens with zero attached hydrogens (tertiary/aromatic N) is 2. The third kappa shape index (κ3) is 5.96. The molecule has 0 radical (unpaired) electrons. The second kappa shape index (κ2) is 9.74. The molecule has 0 bridgehead atoms. The number of likely N-dealkylation sites (N-methyl/N-ethyl adjacent to an activating group) is 1. The van der Waals surface area contributed by atoms with Gasteiger partial charge in [0.15, 0.2) is 0 Å². The molecule has 0 aliphatic carbocycles. The van der Waals surface area contributed by atoms with E-state index in [1.807, 2.05) is 23.6 Å². The molecule has 1 aromatic rings. The van der Waals surface area contributed by atoms with E-state index in [2.05, 4.69) is 19.2 Å². The highest BCUT2D eigenvalue weighted by Crippen LogP contribution is 2.22. The maximum Gasteiger partial charge on any atom is 0.239 e. The van der Waals surface area contributed by atoms with Crippen molar-refractivity contribution in [1.82, 2.24) is 9.80 Å². The molecule has 2 amide bonds. The topological polar surface area (TPSA) is 61.9 Å². The summed E-state index contributed by atoms with van der Waals surface area (Å²) in [6.07, 6.45) is 1.17. The number of ether oxygens (including phenoxy) is 1. The number of carbonyl (C=O) groups excluding carboxylic acids is 2. The van der Waals surface area contributed by atoms with E-state index in [4.69, 9.17) is 4.74 Å². The molecule has 27 heavy (non-hydrogen) atoms. The van der Waals surface area contributed by atoms with Gasteiger partial charge in [-0.3, -0.25) is 14.5 Å². The van der Waals surface area contributed by atoms with E-state index in [-0.39, 0.29) is 24.4 Å². The Labute approximate surface area is 162 Å². The number of piperidine rings is 1. The number of rotatable bonds is 7. The molecule has 2 rings (SSSR count). The van der Waals surface area contributed by atoms with Gasteiger partial charge in [0.25, 0.3) is 0 Å². The van der Waals surface area contributed by atoms with Crippen molar-refractivity contribution < 1.29 is 14.3 Å². The Morgan fingerprint density at radius 1 is 1.22 bits per heavy atom. The van der Waals surface area contributed by atoms with Crippen LogP contribution in [0.15, 0.2) is 24.3 Å². The lowest BCUT2D eigenvalue weighted by Crippen LogP contribution is -2.52. The van der Waals surface area contributed by atoms with E-state index >= 15 is 0 Å². The van der Waals surface area contributed by atoms with Crippen molar-refractivity contribution in [3.05, 3.63) is 24.3 Å². The summed E-state index contributed by atoms with van der Waals surface area (Å²) < 4.78 is 5.12. The molecule has 1 saturated heterocycles. The van der Waals surface area contributed by atoms with Crippen molar-refractivity contribution in [1.29, 1.82) is 0 Å². The summed E-state index contributed by atoms with van der Waals surface area (Å²) in [4.78, 5) is 29.3. The number of carbonyl (C=O) groups is 2. The molecule has 3 atom stereocenters. The highest BCUT2D eigenvalue weighted by atomic mass is 16.5. The van der Waals surface area contributed by atoms with Crippen LogP contribution in [0.1, 0.15) is 34.1 Å². The second-order valence-corrected chi connectivity index (χ2v) is 7.71. The van der Waals surface area contributed by atoms with Crippen LogP contribution in [-0.4, -0.2) is 60.9 Å². The molecule has 1 N–H and O–H groups in total. The molecule has 6 heteroatoms. The third-order valence-electron chi connectivity index (χ3n) is 5.21. The molecule has 1 aromatic carbocycles. The Kier molecular flexibility index (Phi) is 7.66. The normalized spacial score (nSPS) is 21.0. The minimum Gasteiger partial charge on any atom is -0.497 e. The number of likely N-dealkylation sites (tertiary alicyclic amines) is 1. The number of hydrogen-bond acceptors (Lipinski definition) is 4. The Morgan fingerprint density at radius 2 is 1.81 bits per heavy atom. The van der Waals surface area contributed by atoms with Crippen LogP contribution in [0.5, 0.6) is 5.75 Å². The summed E-state index contributed by atoms with van der Waals surface area (Å²) in [6, 6.07) is 6.90. The predicted octanol–water partition coefficient (Wildman–Crippen LogP) is 2.85. The van der Waals surface area contributed by atoms with Gasteiger partial charge in [0.2, 0.25) is 11.8 Å². The summed E-state index contributed by atoms with van der Waals surface area (Å²) in [5.74, 6) is 1.79. The Hall–Kier alpha value is -2.08. The highest BCUT2D eigenvalue weighted by molar-refractivity contribution is 5.93. The Morgan fingerprint density at radius 3 is 2.33 bits per heavy atom. The largest absolute Gasteiger partial charge is 0.497 e. The summed E-state index contributed by atoms with van der Waals surface area (Å²) in [7, 11) is 1.61. The summed E-state index contributed by atoms with van der Waals surface area (Å²) in [5, 5.41) is 2.88. The van der Waals surface area contributed by atoms with Crippen LogP contribution in [0, 0.1) is 11.8 Å². The molecule has 1 heterocycles. The predicted molar refractivity (Wildman–Crippen MR) is 108 cm³/mol. The first kappa shape index (κ1) is 21.2. The van der Waals surface area contributed by atoms with E-state index < -0.39 is 0 Å². The van der Waals surface area contributed by atoms with Crippen molar-refractivity contribution in [3.8, 4) is 5.75 Å². The zero-order valence-electron chi connectivity index (χ0n) is 17.2. The van der Waals surface area contributed by atoms with Crippen molar-refractivity contribution >= 4 is 17.5 Å².